The molecule has 0 aliphatic carbocycles. The third-order valence-corrected chi connectivity index (χ3v) is 13.1. The SMILES string of the molecule is c1ccc(-c2nc3c4ccccc4c4cc(-c5ccc6c(-c7ccc8ccccc8c7)c7ccccc7c(-c7ccc8ccccc8c7)c6c5)ccc4n3c2-c2ccccc2)cc1. The maximum absolute atomic E-state index is 5.45. The molecule has 0 atom stereocenters. The maximum Gasteiger partial charge on any atom is 0.146 e. The Balaban J connectivity index is 1.10. The van der Waals surface area contributed by atoms with Gasteiger partial charge in [-0.05, 0) is 112 Å². The molecule has 0 saturated carbocycles. The first-order valence-electron chi connectivity index (χ1n) is 21.7. The molecule has 13 rings (SSSR count). The molecular formula is C61H38N2. The van der Waals surface area contributed by atoms with E-state index in [2.05, 4.69) is 235 Å². The van der Waals surface area contributed by atoms with Gasteiger partial charge in [0.15, 0.2) is 0 Å². The van der Waals surface area contributed by atoms with Gasteiger partial charge in [0, 0.05) is 21.9 Å². The summed E-state index contributed by atoms with van der Waals surface area (Å²) in [4.78, 5) is 5.45. The number of rotatable bonds is 5. The zero-order chi connectivity index (χ0) is 41.4. The summed E-state index contributed by atoms with van der Waals surface area (Å²) >= 11 is 0. The van der Waals surface area contributed by atoms with Gasteiger partial charge in [-0.2, -0.15) is 0 Å². The minimum atomic E-state index is 0.961. The second kappa shape index (κ2) is 14.1. The molecule has 0 saturated heterocycles. The van der Waals surface area contributed by atoms with Crippen LogP contribution in [0.5, 0.6) is 0 Å². The fraction of sp³-hybridized carbons (Fsp3) is 0. The van der Waals surface area contributed by atoms with Crippen LogP contribution in [0.4, 0.5) is 0 Å². The predicted octanol–water partition coefficient (Wildman–Crippen LogP) is 16.6. The average Bonchev–Trinajstić information content (AvgIpc) is 3.77. The van der Waals surface area contributed by atoms with Crippen molar-refractivity contribution in [2.75, 3.05) is 0 Å². The molecule has 13 aromatic rings. The van der Waals surface area contributed by atoms with Crippen LogP contribution < -0.4 is 0 Å². The van der Waals surface area contributed by atoms with Crippen LogP contribution in [-0.2, 0) is 0 Å². The molecular weight excluding hydrogens is 761 g/mol. The molecule has 0 radical (unpaired) electrons. The molecule has 0 amide bonds. The van der Waals surface area contributed by atoms with Crippen LogP contribution in [0.3, 0.4) is 0 Å². The Morgan fingerprint density at radius 3 is 1.37 bits per heavy atom. The van der Waals surface area contributed by atoms with Crippen LogP contribution in [0.15, 0.2) is 231 Å². The standard InChI is InChI=1S/C61H38N2/c1-3-17-41(18-4-1)59-60(42-19-5-2-6-20-42)63-56-34-32-46(37-54(56)49-23-11-14-26-53(49)61(63)62-59)45-31-33-52-55(38-45)58(48-30-28-40-16-8-10-22-44(40)36-48)51-25-13-12-24-50(51)57(52)47-29-27-39-15-7-9-21-43(39)35-47/h1-38H. The summed E-state index contributed by atoms with van der Waals surface area (Å²) in [7, 11) is 0. The topological polar surface area (TPSA) is 17.3 Å². The number of hydrogen-bond donors (Lipinski definition) is 0. The lowest BCUT2D eigenvalue weighted by atomic mass is 9.84. The smallest absolute Gasteiger partial charge is 0.146 e. The summed E-state index contributed by atoms with van der Waals surface area (Å²) in [5, 5.41) is 13.4. The highest BCUT2D eigenvalue weighted by Crippen LogP contribution is 2.47. The third kappa shape index (κ3) is 5.62. The molecule has 63 heavy (non-hydrogen) atoms. The van der Waals surface area contributed by atoms with E-state index in [1.807, 2.05) is 0 Å². The minimum absolute atomic E-state index is 0.961. The monoisotopic (exact) mass is 798 g/mol. The van der Waals surface area contributed by atoms with Crippen molar-refractivity contribution in [2.45, 2.75) is 0 Å². The molecule has 0 N–H and O–H groups in total. The lowest BCUT2D eigenvalue weighted by molar-refractivity contribution is 1.27. The van der Waals surface area contributed by atoms with Gasteiger partial charge in [-0.15, -0.1) is 0 Å². The number of fused-ring (bicyclic) bond motifs is 10. The zero-order valence-electron chi connectivity index (χ0n) is 34.3. The first kappa shape index (κ1) is 35.4. The summed E-state index contributed by atoms with van der Waals surface area (Å²) in [6.45, 7) is 0. The number of pyridine rings is 1. The van der Waals surface area contributed by atoms with E-state index in [9.17, 15) is 0 Å². The molecule has 11 aromatic carbocycles. The van der Waals surface area contributed by atoms with E-state index < -0.39 is 0 Å². The van der Waals surface area contributed by atoms with Crippen molar-refractivity contribution in [3.63, 3.8) is 0 Å². The van der Waals surface area contributed by atoms with Gasteiger partial charge in [-0.3, -0.25) is 4.40 Å². The van der Waals surface area contributed by atoms with Gasteiger partial charge in [-0.1, -0.05) is 200 Å². The summed E-state index contributed by atoms with van der Waals surface area (Å²) < 4.78 is 2.39. The van der Waals surface area contributed by atoms with Gasteiger partial charge in [0.05, 0.1) is 16.9 Å². The number of imidazole rings is 1. The van der Waals surface area contributed by atoms with Crippen LogP contribution in [0, 0.1) is 0 Å². The van der Waals surface area contributed by atoms with Crippen LogP contribution >= 0.6 is 0 Å². The molecule has 0 aliphatic rings. The van der Waals surface area contributed by atoms with Gasteiger partial charge in [0.2, 0.25) is 0 Å². The van der Waals surface area contributed by atoms with Crippen molar-refractivity contribution in [1.29, 1.82) is 0 Å². The summed E-state index contributed by atoms with van der Waals surface area (Å²) in [6.07, 6.45) is 0. The summed E-state index contributed by atoms with van der Waals surface area (Å²) in [5.74, 6) is 0. The van der Waals surface area contributed by atoms with E-state index in [1.165, 1.54) is 87.2 Å². The van der Waals surface area contributed by atoms with E-state index in [0.717, 1.165) is 39.1 Å². The van der Waals surface area contributed by atoms with Gasteiger partial charge in [-0.25, -0.2) is 4.98 Å². The normalized spacial score (nSPS) is 11.8. The Kier molecular flexibility index (Phi) is 7.94. The Morgan fingerprint density at radius 1 is 0.270 bits per heavy atom. The molecule has 2 heteroatoms. The molecule has 292 valence electrons. The van der Waals surface area contributed by atoms with Crippen LogP contribution in [-0.4, -0.2) is 9.38 Å². The van der Waals surface area contributed by atoms with Gasteiger partial charge < -0.3 is 0 Å². The van der Waals surface area contributed by atoms with Gasteiger partial charge in [0.1, 0.15) is 5.65 Å². The number of benzene rings is 11. The van der Waals surface area contributed by atoms with Crippen LogP contribution in [0.1, 0.15) is 0 Å². The fourth-order valence-corrected chi connectivity index (χ4v) is 10.2. The molecule has 0 bridgehead atoms. The largest absolute Gasteiger partial charge is 0.291 e. The van der Waals surface area contributed by atoms with Crippen molar-refractivity contribution in [3.05, 3.63) is 231 Å². The van der Waals surface area contributed by atoms with E-state index in [-0.39, 0.29) is 0 Å². The highest BCUT2D eigenvalue weighted by atomic mass is 15.0. The van der Waals surface area contributed by atoms with Crippen molar-refractivity contribution in [1.82, 2.24) is 9.38 Å². The molecule has 0 aliphatic heterocycles. The summed E-state index contributed by atoms with van der Waals surface area (Å²) in [5.41, 5.74) is 13.7. The van der Waals surface area contributed by atoms with Crippen molar-refractivity contribution in [3.8, 4) is 55.9 Å². The zero-order valence-corrected chi connectivity index (χ0v) is 34.3. The quantitative estimate of drug-likeness (QED) is 0.125. The lowest BCUT2D eigenvalue weighted by Gasteiger charge is -2.19. The average molecular weight is 799 g/mol. The molecule has 0 fully saturated rings. The highest BCUT2D eigenvalue weighted by Gasteiger charge is 2.22. The number of hydrogen-bond acceptors (Lipinski definition) is 1. The fourth-order valence-electron chi connectivity index (χ4n) is 10.2. The second-order valence-corrected chi connectivity index (χ2v) is 16.7. The van der Waals surface area contributed by atoms with Crippen molar-refractivity contribution < 1.29 is 0 Å². The molecule has 0 unspecified atom stereocenters. The predicted molar refractivity (Wildman–Crippen MR) is 267 cm³/mol. The van der Waals surface area contributed by atoms with E-state index >= 15 is 0 Å². The van der Waals surface area contributed by atoms with Crippen molar-refractivity contribution in [2.24, 2.45) is 0 Å². The molecule has 2 aromatic heterocycles. The van der Waals surface area contributed by atoms with E-state index in [0.29, 0.717) is 0 Å². The molecule has 2 heterocycles. The Labute approximate surface area is 364 Å². The first-order chi connectivity index (χ1) is 31.2. The van der Waals surface area contributed by atoms with Crippen LogP contribution in [0.25, 0.3) is 126 Å². The maximum atomic E-state index is 5.45. The van der Waals surface area contributed by atoms with E-state index in [4.69, 9.17) is 4.98 Å². The minimum Gasteiger partial charge on any atom is -0.291 e. The number of aromatic nitrogens is 2. The number of nitrogens with zero attached hydrogens (tertiary/aromatic N) is 2. The Hall–Kier alpha value is -8.33. The van der Waals surface area contributed by atoms with E-state index in [1.54, 1.807) is 0 Å². The van der Waals surface area contributed by atoms with Gasteiger partial charge in [0.25, 0.3) is 0 Å². The second-order valence-electron chi connectivity index (χ2n) is 16.7. The van der Waals surface area contributed by atoms with Gasteiger partial charge >= 0.3 is 0 Å². The Bertz CT molecular complexity index is 3950. The third-order valence-electron chi connectivity index (χ3n) is 13.1. The summed E-state index contributed by atoms with van der Waals surface area (Å²) in [6, 6.07) is 84.4. The molecule has 0 spiro atoms. The first-order valence-corrected chi connectivity index (χ1v) is 21.7. The van der Waals surface area contributed by atoms with Crippen molar-refractivity contribution >= 4 is 70.4 Å². The lowest BCUT2D eigenvalue weighted by Crippen LogP contribution is -1.95. The Morgan fingerprint density at radius 2 is 0.730 bits per heavy atom. The highest BCUT2D eigenvalue weighted by molar-refractivity contribution is 6.23. The molecule has 2 nitrogen and oxygen atoms in total. The van der Waals surface area contributed by atoms with Crippen LogP contribution in [0.2, 0.25) is 0 Å².